The van der Waals surface area contributed by atoms with Gasteiger partial charge in [-0.15, -0.1) is 6.58 Å². The molecule has 3 aliphatic rings. The van der Waals surface area contributed by atoms with Gasteiger partial charge in [0.15, 0.2) is 0 Å². The number of nitrogens with one attached hydrogen (secondary N) is 2. The van der Waals surface area contributed by atoms with Gasteiger partial charge in [0, 0.05) is 23.9 Å². The highest BCUT2D eigenvalue weighted by Gasteiger charge is 2.62. The highest BCUT2D eigenvalue weighted by atomic mass is 32.2. The molecule has 1 aliphatic heterocycles. The molecule has 2 aromatic rings. The molecule has 3 amide bonds. The van der Waals surface area contributed by atoms with Crippen LogP contribution >= 0.6 is 0 Å². The highest BCUT2D eigenvalue weighted by Crippen LogP contribution is 2.45. The summed E-state index contributed by atoms with van der Waals surface area (Å²) in [6.07, 6.45) is 3.03. The fourth-order valence-electron chi connectivity index (χ4n) is 5.18. The van der Waals surface area contributed by atoms with Crippen LogP contribution in [-0.4, -0.2) is 78.4 Å². The van der Waals surface area contributed by atoms with Gasteiger partial charge in [-0.2, -0.15) is 0 Å². The number of nitrogens with zero attached hydrogens (tertiary/aromatic N) is 2. The van der Waals surface area contributed by atoms with Crippen LogP contribution in [0.4, 0.5) is 4.79 Å². The molecule has 2 saturated carbocycles. The molecule has 13 heteroatoms. The Hall–Kier alpha value is -3.87. The first kappa shape index (κ1) is 29.6. The summed E-state index contributed by atoms with van der Waals surface area (Å²) < 4.78 is 44.2. The van der Waals surface area contributed by atoms with E-state index in [0.717, 1.165) is 10.8 Å². The summed E-state index contributed by atoms with van der Waals surface area (Å²) in [7, 11) is -2.25. The molecule has 0 radical (unpaired) electrons. The standard InChI is InChI=1S/C29H36N4O8S/c1-6-18-15-29(18,26(35)32-42(37,38)21-8-9-21)31-24(34)23-14-20(16-33(23)27(36)41-28(2,3)4)40-25-22-10-7-19(39-5)13-17(22)11-12-30-25/h6-7,10-13,18,20-21,23H,1,8-9,14-16H2,2-5H3,(H,31,34)(H,32,35)/t18-,20-,23+,29-/m1/s1. The van der Waals surface area contributed by atoms with E-state index in [0.29, 0.717) is 24.5 Å². The summed E-state index contributed by atoms with van der Waals surface area (Å²) in [6, 6.07) is 6.23. The fraction of sp³-hybridized carbons (Fsp3) is 0.517. The third kappa shape index (κ3) is 6.01. The molecule has 2 aliphatic carbocycles. The van der Waals surface area contributed by atoms with Gasteiger partial charge in [0.2, 0.25) is 21.8 Å². The van der Waals surface area contributed by atoms with E-state index in [1.165, 1.54) is 11.0 Å². The minimum atomic E-state index is -3.83. The molecule has 12 nitrogen and oxygen atoms in total. The minimum absolute atomic E-state index is 0.0291. The van der Waals surface area contributed by atoms with Crippen molar-refractivity contribution >= 4 is 38.7 Å². The molecule has 0 unspecified atom stereocenters. The first-order valence-electron chi connectivity index (χ1n) is 13.9. The average Bonchev–Trinajstić information content (AvgIpc) is 3.84. The quantitative estimate of drug-likeness (QED) is 0.414. The van der Waals surface area contributed by atoms with Crippen LogP contribution in [0.15, 0.2) is 43.1 Å². The number of hydrogen-bond donors (Lipinski definition) is 2. The second-order valence-corrected chi connectivity index (χ2v) is 14.0. The van der Waals surface area contributed by atoms with Gasteiger partial charge in [-0.05, 0) is 69.7 Å². The summed E-state index contributed by atoms with van der Waals surface area (Å²) in [4.78, 5) is 45.8. The van der Waals surface area contributed by atoms with Crippen LogP contribution in [0, 0.1) is 5.92 Å². The molecule has 1 aromatic carbocycles. The Morgan fingerprint density at radius 3 is 2.55 bits per heavy atom. The van der Waals surface area contributed by atoms with Gasteiger partial charge < -0.3 is 19.5 Å². The number of pyridine rings is 1. The molecule has 226 valence electrons. The smallest absolute Gasteiger partial charge is 0.411 e. The van der Waals surface area contributed by atoms with Crippen LogP contribution in [0.3, 0.4) is 0 Å². The molecule has 1 aromatic heterocycles. The number of hydrogen-bond acceptors (Lipinski definition) is 9. The molecule has 0 spiro atoms. The van der Waals surface area contributed by atoms with E-state index in [1.54, 1.807) is 40.1 Å². The van der Waals surface area contributed by atoms with Crippen molar-refractivity contribution in [1.29, 1.82) is 0 Å². The molecular formula is C29H36N4O8S. The summed E-state index contributed by atoms with van der Waals surface area (Å²) >= 11 is 0. The molecule has 0 bridgehead atoms. The second-order valence-electron chi connectivity index (χ2n) is 12.0. The van der Waals surface area contributed by atoms with Crippen molar-refractivity contribution in [2.75, 3.05) is 13.7 Å². The van der Waals surface area contributed by atoms with Crippen LogP contribution in [-0.2, 0) is 24.3 Å². The van der Waals surface area contributed by atoms with Gasteiger partial charge in [-0.25, -0.2) is 18.2 Å². The van der Waals surface area contributed by atoms with E-state index >= 15 is 0 Å². The maximum atomic E-state index is 13.7. The second kappa shape index (κ2) is 10.8. The van der Waals surface area contributed by atoms with Gasteiger partial charge in [-0.1, -0.05) is 6.08 Å². The third-order valence-corrected chi connectivity index (χ3v) is 9.47. The molecule has 2 heterocycles. The monoisotopic (exact) mass is 600 g/mol. The van der Waals surface area contributed by atoms with E-state index in [1.807, 2.05) is 18.2 Å². The lowest BCUT2D eigenvalue weighted by Crippen LogP contribution is -2.56. The molecule has 4 atom stereocenters. The van der Waals surface area contributed by atoms with Gasteiger partial charge >= 0.3 is 6.09 Å². The zero-order valence-corrected chi connectivity index (χ0v) is 24.9. The van der Waals surface area contributed by atoms with Crippen molar-refractivity contribution in [3.63, 3.8) is 0 Å². The minimum Gasteiger partial charge on any atom is -0.497 e. The number of amides is 3. The number of ether oxygens (including phenoxy) is 3. The number of sulfonamides is 1. The van der Waals surface area contributed by atoms with E-state index in [2.05, 4.69) is 21.6 Å². The van der Waals surface area contributed by atoms with E-state index < -0.39 is 62.4 Å². The van der Waals surface area contributed by atoms with Gasteiger partial charge in [-0.3, -0.25) is 19.2 Å². The normalized spacial score (nSPS) is 25.4. The molecule has 5 rings (SSSR count). The Balaban J connectivity index is 1.37. The van der Waals surface area contributed by atoms with Crippen LogP contribution in [0.25, 0.3) is 10.8 Å². The largest absolute Gasteiger partial charge is 0.497 e. The lowest BCUT2D eigenvalue weighted by atomic mass is 10.1. The van der Waals surface area contributed by atoms with Crippen LogP contribution in [0.1, 0.15) is 46.5 Å². The zero-order chi connectivity index (χ0) is 30.4. The van der Waals surface area contributed by atoms with Crippen molar-refractivity contribution in [3.05, 3.63) is 43.1 Å². The van der Waals surface area contributed by atoms with Crippen molar-refractivity contribution in [2.24, 2.45) is 5.92 Å². The number of fused-ring (bicyclic) bond motifs is 1. The third-order valence-electron chi connectivity index (χ3n) is 7.66. The van der Waals surface area contributed by atoms with E-state index in [9.17, 15) is 22.8 Å². The Morgan fingerprint density at radius 2 is 1.93 bits per heavy atom. The maximum absolute atomic E-state index is 13.7. The number of rotatable bonds is 9. The predicted octanol–water partition coefficient (Wildman–Crippen LogP) is 2.67. The van der Waals surface area contributed by atoms with Crippen molar-refractivity contribution < 1.29 is 37.0 Å². The van der Waals surface area contributed by atoms with Gasteiger partial charge in [0.1, 0.15) is 29.0 Å². The first-order chi connectivity index (χ1) is 19.8. The SMILES string of the molecule is C=C[C@@H]1C[C@]1(NC(=O)[C@@H]1C[C@@H](Oc2nccc3cc(OC)ccc23)CN1C(=O)OC(C)(C)C)C(=O)NS(=O)(=O)C1CC1. The number of carbonyl (C=O) groups is 3. The number of carbonyl (C=O) groups excluding carboxylic acids is 3. The number of aromatic nitrogens is 1. The number of likely N-dealkylation sites (tertiary alicyclic amines) is 1. The molecule has 2 N–H and O–H groups in total. The van der Waals surface area contributed by atoms with E-state index in [-0.39, 0.29) is 19.4 Å². The van der Waals surface area contributed by atoms with Crippen LogP contribution in [0.2, 0.25) is 0 Å². The average molecular weight is 601 g/mol. The number of benzene rings is 1. The lowest BCUT2D eigenvalue weighted by molar-refractivity contribution is -0.131. The Labute approximate surface area is 244 Å². The molecule has 3 fully saturated rings. The summed E-state index contributed by atoms with van der Waals surface area (Å²) in [5.41, 5.74) is -2.30. The number of methoxy groups -OCH3 is 1. The lowest BCUT2D eigenvalue weighted by Gasteiger charge is -2.29. The summed E-state index contributed by atoms with van der Waals surface area (Å²) in [5, 5.41) is 3.72. The van der Waals surface area contributed by atoms with Gasteiger partial charge in [0.05, 0.1) is 18.9 Å². The molecular weight excluding hydrogens is 564 g/mol. The maximum Gasteiger partial charge on any atom is 0.411 e. The van der Waals surface area contributed by atoms with Crippen molar-refractivity contribution in [2.45, 2.75) is 75.0 Å². The Bertz CT molecular complexity index is 1530. The van der Waals surface area contributed by atoms with Crippen LogP contribution in [0.5, 0.6) is 11.6 Å². The molecule has 42 heavy (non-hydrogen) atoms. The molecule has 1 saturated heterocycles. The van der Waals surface area contributed by atoms with Crippen molar-refractivity contribution in [1.82, 2.24) is 19.9 Å². The van der Waals surface area contributed by atoms with Crippen molar-refractivity contribution in [3.8, 4) is 11.6 Å². The predicted molar refractivity (Wildman–Crippen MR) is 153 cm³/mol. The summed E-state index contributed by atoms with van der Waals surface area (Å²) in [6.45, 7) is 8.91. The van der Waals surface area contributed by atoms with E-state index in [4.69, 9.17) is 14.2 Å². The Kier molecular flexibility index (Phi) is 7.58. The Morgan fingerprint density at radius 1 is 1.19 bits per heavy atom. The fourth-order valence-corrected chi connectivity index (χ4v) is 6.54. The van der Waals surface area contributed by atoms with Gasteiger partial charge in [0.25, 0.3) is 5.91 Å². The summed E-state index contributed by atoms with van der Waals surface area (Å²) in [5.74, 6) is -0.880. The topological polar surface area (TPSA) is 153 Å². The zero-order valence-electron chi connectivity index (χ0n) is 24.1. The van der Waals surface area contributed by atoms with Crippen LogP contribution < -0.4 is 19.5 Å². The first-order valence-corrected chi connectivity index (χ1v) is 15.4. The highest BCUT2D eigenvalue weighted by molar-refractivity contribution is 7.91.